The van der Waals surface area contributed by atoms with Crippen molar-refractivity contribution in [3.63, 3.8) is 0 Å². The molecule has 0 spiro atoms. The molecule has 0 radical (unpaired) electrons. The van der Waals surface area contributed by atoms with Gasteiger partial charge in [0.05, 0.1) is 0 Å². The van der Waals surface area contributed by atoms with E-state index in [1.807, 2.05) is 35.2 Å². The number of nitrogens with zero attached hydrogens (tertiary/aromatic N) is 2. The molecule has 22 heavy (non-hydrogen) atoms. The van der Waals surface area contributed by atoms with Gasteiger partial charge in [0.1, 0.15) is 5.76 Å². The highest BCUT2D eigenvalue weighted by Gasteiger charge is 2.34. The van der Waals surface area contributed by atoms with Crippen molar-refractivity contribution in [2.24, 2.45) is 0 Å². The largest absolute Gasteiger partial charge is 0.360 e. The van der Waals surface area contributed by atoms with E-state index in [9.17, 15) is 4.79 Å². The quantitative estimate of drug-likeness (QED) is 0.866. The van der Waals surface area contributed by atoms with Gasteiger partial charge in [-0.3, -0.25) is 4.79 Å². The predicted octanol–water partition coefficient (Wildman–Crippen LogP) is 3.75. The molecule has 2 aromatic rings. The fourth-order valence-corrected chi connectivity index (χ4v) is 3.39. The van der Waals surface area contributed by atoms with Gasteiger partial charge in [-0.1, -0.05) is 23.4 Å². The molecule has 1 aromatic heterocycles. The van der Waals surface area contributed by atoms with Gasteiger partial charge in [0.2, 0.25) is 0 Å². The lowest BCUT2D eigenvalue weighted by Gasteiger charge is -2.37. The van der Waals surface area contributed by atoms with Crippen molar-refractivity contribution in [3.8, 4) is 0 Å². The average Bonchev–Trinajstić information content (AvgIpc) is 2.95. The highest BCUT2D eigenvalue weighted by molar-refractivity contribution is 6.06. The fourth-order valence-electron chi connectivity index (χ4n) is 3.39. The summed E-state index contributed by atoms with van der Waals surface area (Å²) in [7, 11) is 0. The Morgan fingerprint density at radius 2 is 1.86 bits per heavy atom. The number of amides is 1. The van der Waals surface area contributed by atoms with E-state index in [-0.39, 0.29) is 5.91 Å². The number of fused-ring (bicyclic) bond motifs is 1. The van der Waals surface area contributed by atoms with Crippen LogP contribution in [0.15, 0.2) is 34.9 Å². The minimum Gasteiger partial charge on any atom is -0.360 e. The number of benzene rings is 1. The Bertz CT molecular complexity index is 674. The van der Waals surface area contributed by atoms with Gasteiger partial charge in [-0.2, -0.15) is 0 Å². The van der Waals surface area contributed by atoms with Gasteiger partial charge in [-0.05, 0) is 50.7 Å². The van der Waals surface area contributed by atoms with Crippen LogP contribution in [0, 0.1) is 0 Å². The topological polar surface area (TPSA) is 46.3 Å². The SMILES string of the molecule is O=C(c1noc2c1CCCC2)N(c1ccccc1)C1CCC1. The highest BCUT2D eigenvalue weighted by atomic mass is 16.5. The zero-order valence-corrected chi connectivity index (χ0v) is 12.6. The molecule has 4 nitrogen and oxygen atoms in total. The van der Waals surface area contributed by atoms with Crippen LogP contribution in [-0.2, 0) is 12.8 Å². The molecule has 4 rings (SSSR count). The van der Waals surface area contributed by atoms with Gasteiger partial charge in [0.25, 0.3) is 5.91 Å². The number of carbonyl (C=O) groups is 1. The molecule has 0 N–H and O–H groups in total. The maximum absolute atomic E-state index is 13.1. The van der Waals surface area contributed by atoms with Crippen molar-refractivity contribution in [3.05, 3.63) is 47.3 Å². The summed E-state index contributed by atoms with van der Waals surface area (Å²) in [5.74, 6) is 0.916. The summed E-state index contributed by atoms with van der Waals surface area (Å²) in [5.41, 5.74) is 2.53. The molecule has 0 atom stereocenters. The van der Waals surface area contributed by atoms with Crippen LogP contribution in [0.1, 0.15) is 53.9 Å². The van der Waals surface area contributed by atoms with E-state index < -0.39 is 0 Å². The van der Waals surface area contributed by atoms with Crippen molar-refractivity contribution in [2.75, 3.05) is 4.90 Å². The summed E-state index contributed by atoms with van der Waals surface area (Å²) in [5, 5.41) is 4.12. The Kier molecular flexibility index (Phi) is 3.45. The van der Waals surface area contributed by atoms with Gasteiger partial charge < -0.3 is 9.42 Å². The van der Waals surface area contributed by atoms with Gasteiger partial charge in [-0.25, -0.2) is 0 Å². The Labute approximate surface area is 130 Å². The van der Waals surface area contributed by atoms with Gasteiger partial charge in [0, 0.05) is 23.7 Å². The fraction of sp³-hybridized carbons (Fsp3) is 0.444. The van der Waals surface area contributed by atoms with Gasteiger partial charge >= 0.3 is 0 Å². The van der Waals surface area contributed by atoms with Crippen molar-refractivity contribution in [1.29, 1.82) is 0 Å². The average molecular weight is 296 g/mol. The maximum Gasteiger partial charge on any atom is 0.281 e. The number of hydrogen-bond donors (Lipinski definition) is 0. The molecular weight excluding hydrogens is 276 g/mol. The molecule has 2 aliphatic rings. The summed E-state index contributed by atoms with van der Waals surface area (Å²) >= 11 is 0. The summed E-state index contributed by atoms with van der Waals surface area (Å²) < 4.78 is 5.43. The standard InChI is InChI=1S/C18H20N2O2/c21-18(17-15-11-4-5-12-16(15)22-19-17)20(14-9-6-10-14)13-7-2-1-3-8-13/h1-3,7-8,14H,4-6,9-12H2. The van der Waals surface area contributed by atoms with Crippen LogP contribution in [-0.4, -0.2) is 17.1 Å². The van der Waals surface area contributed by atoms with Crippen LogP contribution in [0.5, 0.6) is 0 Å². The van der Waals surface area contributed by atoms with Crippen LogP contribution >= 0.6 is 0 Å². The molecule has 4 heteroatoms. The molecule has 114 valence electrons. The Hall–Kier alpha value is -2.10. The van der Waals surface area contributed by atoms with Gasteiger partial charge in [-0.15, -0.1) is 0 Å². The third-order valence-electron chi connectivity index (χ3n) is 4.85. The van der Waals surface area contributed by atoms with Crippen LogP contribution in [0.4, 0.5) is 5.69 Å². The molecule has 1 heterocycles. The summed E-state index contributed by atoms with van der Waals surface area (Å²) in [6.45, 7) is 0. The monoisotopic (exact) mass is 296 g/mol. The number of anilines is 1. The first kappa shape index (κ1) is 13.6. The Morgan fingerprint density at radius 1 is 1.09 bits per heavy atom. The molecule has 1 fully saturated rings. The zero-order chi connectivity index (χ0) is 14.9. The summed E-state index contributed by atoms with van der Waals surface area (Å²) in [4.78, 5) is 15.0. The van der Waals surface area contributed by atoms with Crippen LogP contribution in [0.2, 0.25) is 0 Å². The van der Waals surface area contributed by atoms with Crippen molar-refractivity contribution in [1.82, 2.24) is 5.16 Å². The van der Waals surface area contributed by atoms with Crippen LogP contribution < -0.4 is 4.90 Å². The molecule has 0 aliphatic heterocycles. The maximum atomic E-state index is 13.1. The molecular formula is C18H20N2O2. The highest BCUT2D eigenvalue weighted by Crippen LogP contribution is 2.32. The van der Waals surface area contributed by atoms with E-state index in [0.29, 0.717) is 11.7 Å². The van der Waals surface area contributed by atoms with E-state index in [2.05, 4.69) is 5.16 Å². The minimum atomic E-state index is 0.00259. The first-order chi connectivity index (χ1) is 10.8. The van der Waals surface area contributed by atoms with Crippen molar-refractivity contribution < 1.29 is 9.32 Å². The number of aromatic nitrogens is 1. The smallest absolute Gasteiger partial charge is 0.281 e. The second-order valence-electron chi connectivity index (χ2n) is 6.24. The van der Waals surface area contributed by atoms with Crippen molar-refractivity contribution in [2.45, 2.75) is 51.0 Å². The molecule has 2 aliphatic carbocycles. The third kappa shape index (κ3) is 2.23. The van der Waals surface area contributed by atoms with E-state index in [1.165, 1.54) is 6.42 Å². The van der Waals surface area contributed by atoms with E-state index in [0.717, 1.165) is 55.5 Å². The molecule has 0 saturated heterocycles. The van der Waals surface area contributed by atoms with Crippen molar-refractivity contribution >= 4 is 11.6 Å². The lowest BCUT2D eigenvalue weighted by molar-refractivity contribution is 0.0954. The predicted molar refractivity (Wildman–Crippen MR) is 84.0 cm³/mol. The molecule has 1 aromatic carbocycles. The number of rotatable bonds is 3. The van der Waals surface area contributed by atoms with Crippen LogP contribution in [0.25, 0.3) is 0 Å². The van der Waals surface area contributed by atoms with E-state index >= 15 is 0 Å². The second-order valence-corrected chi connectivity index (χ2v) is 6.24. The zero-order valence-electron chi connectivity index (χ0n) is 12.6. The Balaban J connectivity index is 1.70. The number of hydrogen-bond acceptors (Lipinski definition) is 3. The molecule has 1 amide bonds. The molecule has 0 unspecified atom stereocenters. The van der Waals surface area contributed by atoms with Gasteiger partial charge in [0.15, 0.2) is 5.69 Å². The normalized spacial score (nSPS) is 17.6. The minimum absolute atomic E-state index is 0.00259. The first-order valence-electron chi connectivity index (χ1n) is 8.20. The van der Waals surface area contributed by atoms with E-state index in [4.69, 9.17) is 4.52 Å². The summed E-state index contributed by atoms with van der Waals surface area (Å²) in [6, 6.07) is 10.2. The lowest BCUT2D eigenvalue weighted by atomic mass is 9.90. The molecule has 0 bridgehead atoms. The second kappa shape index (κ2) is 5.59. The van der Waals surface area contributed by atoms with E-state index in [1.54, 1.807) is 0 Å². The third-order valence-corrected chi connectivity index (χ3v) is 4.85. The number of carbonyl (C=O) groups excluding carboxylic acids is 1. The lowest BCUT2D eigenvalue weighted by Crippen LogP contribution is -2.45. The van der Waals surface area contributed by atoms with Crippen LogP contribution in [0.3, 0.4) is 0 Å². The summed E-state index contributed by atoms with van der Waals surface area (Å²) in [6.07, 6.45) is 7.39. The Morgan fingerprint density at radius 3 is 2.59 bits per heavy atom. The first-order valence-corrected chi connectivity index (χ1v) is 8.20. The number of para-hydroxylation sites is 1. The number of aryl methyl sites for hydroxylation is 1. The molecule has 1 saturated carbocycles.